The Labute approximate surface area is 210 Å². The van der Waals surface area contributed by atoms with E-state index in [0.29, 0.717) is 17.9 Å². The summed E-state index contributed by atoms with van der Waals surface area (Å²) in [7, 11) is 3.15. The summed E-state index contributed by atoms with van der Waals surface area (Å²) in [5.41, 5.74) is 11.2. The number of nitrogens with two attached hydrogens (primary N) is 1. The Bertz CT molecular complexity index is 1260. The standard InChI is InChI=1S/C14H16N2O2.C14H12N2O2/c2*1-17-10-18-14-8-11(9-15)2-3-13(14)12-4-6-16-7-5-12/h2-8H,9-10,15H2,1H3;2-8H,10H2,1H3. The molecule has 0 fully saturated rings. The van der Waals surface area contributed by atoms with E-state index in [-0.39, 0.29) is 13.6 Å². The Hall–Kier alpha value is -4.29. The van der Waals surface area contributed by atoms with E-state index in [1.54, 1.807) is 51.1 Å². The van der Waals surface area contributed by atoms with Crippen molar-refractivity contribution in [1.29, 1.82) is 5.26 Å². The number of nitriles is 1. The number of aromatic nitrogens is 2. The first kappa shape index (κ1) is 26.3. The molecule has 2 heterocycles. The molecule has 0 unspecified atom stereocenters. The van der Waals surface area contributed by atoms with E-state index in [0.717, 1.165) is 33.6 Å². The van der Waals surface area contributed by atoms with E-state index in [1.165, 1.54) is 0 Å². The zero-order chi connectivity index (χ0) is 25.6. The lowest BCUT2D eigenvalue weighted by Gasteiger charge is -2.12. The summed E-state index contributed by atoms with van der Waals surface area (Å²) in [6.07, 6.45) is 6.94. The molecule has 2 aromatic carbocycles. The van der Waals surface area contributed by atoms with Crippen molar-refractivity contribution in [3.63, 3.8) is 0 Å². The number of ether oxygens (including phenoxy) is 4. The summed E-state index contributed by atoms with van der Waals surface area (Å²) in [4.78, 5) is 7.99. The van der Waals surface area contributed by atoms with E-state index in [9.17, 15) is 0 Å². The van der Waals surface area contributed by atoms with Crippen molar-refractivity contribution in [3.8, 4) is 39.8 Å². The molecule has 0 bridgehead atoms. The predicted octanol–water partition coefficient (Wildman–Crippen LogP) is 4.79. The van der Waals surface area contributed by atoms with Gasteiger partial charge in [0.05, 0.1) is 11.6 Å². The van der Waals surface area contributed by atoms with Crippen molar-refractivity contribution in [1.82, 2.24) is 9.97 Å². The van der Waals surface area contributed by atoms with Crippen LogP contribution >= 0.6 is 0 Å². The van der Waals surface area contributed by atoms with Gasteiger partial charge < -0.3 is 24.7 Å². The number of methoxy groups -OCH3 is 2. The Kier molecular flexibility index (Phi) is 10.4. The van der Waals surface area contributed by atoms with Crippen LogP contribution in [-0.2, 0) is 16.0 Å². The Morgan fingerprint density at radius 1 is 0.722 bits per heavy atom. The second-order valence-corrected chi connectivity index (χ2v) is 7.43. The molecule has 184 valence electrons. The normalized spacial score (nSPS) is 10.1. The molecule has 0 amide bonds. The Morgan fingerprint density at radius 3 is 1.69 bits per heavy atom. The predicted molar refractivity (Wildman–Crippen MR) is 137 cm³/mol. The van der Waals surface area contributed by atoms with Crippen molar-refractivity contribution < 1.29 is 18.9 Å². The zero-order valence-electron chi connectivity index (χ0n) is 20.3. The summed E-state index contributed by atoms with van der Waals surface area (Å²) < 4.78 is 20.9. The highest BCUT2D eigenvalue weighted by molar-refractivity contribution is 5.71. The minimum Gasteiger partial charge on any atom is -0.467 e. The monoisotopic (exact) mass is 484 g/mol. The molecular formula is C28H28N4O4. The van der Waals surface area contributed by atoms with Gasteiger partial charge in [-0.25, -0.2) is 0 Å². The highest BCUT2D eigenvalue weighted by Gasteiger charge is 2.08. The van der Waals surface area contributed by atoms with Crippen molar-refractivity contribution in [3.05, 3.63) is 96.6 Å². The molecule has 2 aromatic heterocycles. The molecule has 0 atom stereocenters. The van der Waals surface area contributed by atoms with E-state index >= 15 is 0 Å². The summed E-state index contributed by atoms with van der Waals surface area (Å²) >= 11 is 0. The molecule has 8 heteroatoms. The molecular weight excluding hydrogens is 456 g/mol. The van der Waals surface area contributed by atoms with Gasteiger partial charge in [-0.15, -0.1) is 0 Å². The molecule has 0 saturated heterocycles. The fourth-order valence-corrected chi connectivity index (χ4v) is 3.31. The van der Waals surface area contributed by atoms with Crippen LogP contribution in [0.1, 0.15) is 11.1 Å². The van der Waals surface area contributed by atoms with Crippen LogP contribution in [0.4, 0.5) is 0 Å². The lowest BCUT2D eigenvalue weighted by molar-refractivity contribution is 0.0513. The van der Waals surface area contributed by atoms with Crippen LogP contribution in [0.5, 0.6) is 11.5 Å². The topological polar surface area (TPSA) is 113 Å². The molecule has 0 radical (unpaired) electrons. The third-order valence-corrected chi connectivity index (χ3v) is 5.04. The second-order valence-electron chi connectivity index (χ2n) is 7.43. The maximum Gasteiger partial charge on any atom is 0.188 e. The van der Waals surface area contributed by atoms with Gasteiger partial charge >= 0.3 is 0 Å². The highest BCUT2D eigenvalue weighted by Crippen LogP contribution is 2.31. The van der Waals surface area contributed by atoms with E-state index in [1.807, 2.05) is 48.5 Å². The van der Waals surface area contributed by atoms with Crippen LogP contribution in [0, 0.1) is 11.3 Å². The van der Waals surface area contributed by atoms with Gasteiger partial charge in [-0.1, -0.05) is 12.1 Å². The van der Waals surface area contributed by atoms with E-state index in [4.69, 9.17) is 29.9 Å². The summed E-state index contributed by atoms with van der Waals surface area (Å²) in [5, 5.41) is 8.90. The summed E-state index contributed by atoms with van der Waals surface area (Å²) in [6, 6.07) is 21.0. The first-order valence-corrected chi connectivity index (χ1v) is 11.1. The lowest BCUT2D eigenvalue weighted by Crippen LogP contribution is -2.02. The smallest absolute Gasteiger partial charge is 0.188 e. The highest BCUT2D eigenvalue weighted by atomic mass is 16.7. The molecule has 8 nitrogen and oxygen atoms in total. The number of pyridine rings is 2. The molecule has 0 aliphatic rings. The molecule has 0 aliphatic heterocycles. The molecule has 0 aliphatic carbocycles. The maximum absolute atomic E-state index is 8.90. The van der Waals surface area contributed by atoms with E-state index < -0.39 is 0 Å². The molecule has 4 rings (SSSR count). The van der Waals surface area contributed by atoms with Gasteiger partial charge in [-0.3, -0.25) is 9.97 Å². The van der Waals surface area contributed by atoms with Gasteiger partial charge in [-0.2, -0.15) is 5.26 Å². The Balaban J connectivity index is 0.000000201. The van der Waals surface area contributed by atoms with Crippen molar-refractivity contribution in [2.75, 3.05) is 27.8 Å². The number of rotatable bonds is 9. The summed E-state index contributed by atoms with van der Waals surface area (Å²) in [6.45, 7) is 0.846. The van der Waals surface area contributed by atoms with Crippen LogP contribution in [0.15, 0.2) is 85.5 Å². The van der Waals surface area contributed by atoms with Crippen LogP contribution < -0.4 is 15.2 Å². The molecule has 36 heavy (non-hydrogen) atoms. The van der Waals surface area contributed by atoms with Gasteiger partial charge in [0.15, 0.2) is 13.6 Å². The molecule has 2 N–H and O–H groups in total. The third kappa shape index (κ3) is 7.35. The van der Waals surface area contributed by atoms with E-state index in [2.05, 4.69) is 16.0 Å². The average molecular weight is 485 g/mol. The van der Waals surface area contributed by atoms with Gasteiger partial charge in [0.1, 0.15) is 11.5 Å². The first-order chi connectivity index (χ1) is 17.7. The number of hydrogen-bond donors (Lipinski definition) is 1. The number of nitrogens with zero attached hydrogens (tertiary/aromatic N) is 3. The zero-order valence-corrected chi connectivity index (χ0v) is 20.3. The quantitative estimate of drug-likeness (QED) is 0.337. The minimum atomic E-state index is 0.146. The van der Waals surface area contributed by atoms with Gasteiger partial charge in [0.2, 0.25) is 0 Å². The van der Waals surface area contributed by atoms with Gasteiger partial charge in [0, 0.05) is 56.7 Å². The Morgan fingerprint density at radius 2 is 1.22 bits per heavy atom. The van der Waals surface area contributed by atoms with Crippen LogP contribution in [0.25, 0.3) is 22.3 Å². The fourth-order valence-electron chi connectivity index (χ4n) is 3.31. The SMILES string of the molecule is COCOc1cc(C#N)ccc1-c1ccncc1.COCOc1cc(CN)ccc1-c1ccncc1. The van der Waals surface area contributed by atoms with Gasteiger partial charge in [-0.05, 0) is 65.2 Å². The summed E-state index contributed by atoms with van der Waals surface area (Å²) in [5.74, 6) is 1.40. The molecule has 0 spiro atoms. The third-order valence-electron chi connectivity index (χ3n) is 5.04. The lowest BCUT2D eigenvalue weighted by atomic mass is 10.0. The first-order valence-electron chi connectivity index (χ1n) is 11.1. The maximum atomic E-state index is 8.90. The number of benzene rings is 2. The van der Waals surface area contributed by atoms with Gasteiger partial charge in [0.25, 0.3) is 0 Å². The minimum absolute atomic E-state index is 0.146. The van der Waals surface area contributed by atoms with Crippen LogP contribution in [0.2, 0.25) is 0 Å². The van der Waals surface area contributed by atoms with Crippen molar-refractivity contribution in [2.24, 2.45) is 5.73 Å². The van der Waals surface area contributed by atoms with Crippen molar-refractivity contribution in [2.45, 2.75) is 6.54 Å². The average Bonchev–Trinajstić information content (AvgIpc) is 2.95. The largest absolute Gasteiger partial charge is 0.467 e. The number of hydrogen-bond acceptors (Lipinski definition) is 8. The molecule has 4 aromatic rings. The fraction of sp³-hybridized carbons (Fsp3) is 0.179. The van der Waals surface area contributed by atoms with Crippen LogP contribution in [0.3, 0.4) is 0 Å². The second kappa shape index (κ2) is 14.2. The molecule has 0 saturated carbocycles. The van der Waals surface area contributed by atoms with Crippen LogP contribution in [-0.4, -0.2) is 37.8 Å². The van der Waals surface area contributed by atoms with Crippen molar-refractivity contribution >= 4 is 0 Å².